The molecule has 1 aliphatic heterocycles. The van der Waals surface area contributed by atoms with Crippen molar-refractivity contribution in [3.05, 3.63) is 82.8 Å². The fourth-order valence-electron chi connectivity index (χ4n) is 4.43. The lowest BCUT2D eigenvalue weighted by molar-refractivity contribution is 0.0994. The first-order valence-electron chi connectivity index (χ1n) is 10.3. The van der Waals surface area contributed by atoms with E-state index in [1.54, 1.807) is 12.3 Å². The zero-order valence-electron chi connectivity index (χ0n) is 17.4. The Kier molecular flexibility index (Phi) is 5.67. The zero-order chi connectivity index (χ0) is 21.3. The lowest BCUT2D eigenvalue weighted by atomic mass is 9.68. The first-order valence-corrected chi connectivity index (χ1v) is 10.7. The smallest absolute Gasteiger partial charge is 0.248 e. The Labute approximate surface area is 182 Å². The van der Waals surface area contributed by atoms with Crippen LogP contribution in [-0.4, -0.2) is 33.4 Å². The number of benzene rings is 1. The van der Waals surface area contributed by atoms with Crippen molar-refractivity contribution in [1.82, 2.24) is 14.5 Å². The second-order valence-corrected chi connectivity index (χ2v) is 8.89. The van der Waals surface area contributed by atoms with Gasteiger partial charge in [-0.3, -0.25) is 9.69 Å². The van der Waals surface area contributed by atoms with Gasteiger partial charge in [0.2, 0.25) is 5.91 Å². The Morgan fingerprint density at radius 1 is 1.27 bits per heavy atom. The number of hydrogen-bond acceptors (Lipinski definition) is 3. The molecule has 156 valence electrons. The summed E-state index contributed by atoms with van der Waals surface area (Å²) >= 11 is 5.98. The molecule has 2 N–H and O–H groups in total. The van der Waals surface area contributed by atoms with Gasteiger partial charge in [0.25, 0.3) is 0 Å². The highest BCUT2D eigenvalue weighted by molar-refractivity contribution is 6.30. The summed E-state index contributed by atoms with van der Waals surface area (Å²) in [4.78, 5) is 18.6. The van der Waals surface area contributed by atoms with Gasteiger partial charge in [0.15, 0.2) is 0 Å². The summed E-state index contributed by atoms with van der Waals surface area (Å²) in [6.07, 6.45) is 4.74. The third-order valence-electron chi connectivity index (χ3n) is 6.55. The number of amides is 1. The quantitative estimate of drug-likeness (QED) is 0.661. The number of carbonyl (C=O) groups is 1. The van der Waals surface area contributed by atoms with E-state index in [-0.39, 0.29) is 11.3 Å². The van der Waals surface area contributed by atoms with Crippen LogP contribution < -0.4 is 5.73 Å². The summed E-state index contributed by atoms with van der Waals surface area (Å²) in [6.45, 7) is 7.43. The number of carbonyl (C=O) groups excluding carboxylic acids is 1. The monoisotopic (exact) mass is 422 g/mol. The van der Waals surface area contributed by atoms with Crippen LogP contribution in [0.2, 0.25) is 5.02 Å². The predicted octanol–water partition coefficient (Wildman–Crippen LogP) is 4.42. The molecule has 6 heteroatoms. The van der Waals surface area contributed by atoms with Gasteiger partial charge in [-0.15, -0.1) is 0 Å². The highest BCUT2D eigenvalue weighted by Gasteiger charge is 2.38. The maximum absolute atomic E-state index is 11.6. The molecule has 4 rings (SSSR count). The van der Waals surface area contributed by atoms with Crippen LogP contribution in [-0.2, 0) is 12.0 Å². The van der Waals surface area contributed by atoms with Crippen molar-refractivity contribution in [2.75, 3.05) is 13.1 Å². The van der Waals surface area contributed by atoms with Crippen LogP contribution in [0.3, 0.4) is 0 Å². The van der Waals surface area contributed by atoms with Crippen molar-refractivity contribution in [3.8, 4) is 5.82 Å². The number of pyridine rings is 1. The van der Waals surface area contributed by atoms with E-state index < -0.39 is 0 Å². The van der Waals surface area contributed by atoms with Crippen LogP contribution in [0.5, 0.6) is 0 Å². The molecule has 0 saturated carbocycles. The number of primary amides is 1. The Morgan fingerprint density at radius 3 is 2.80 bits per heavy atom. The van der Waals surface area contributed by atoms with Crippen molar-refractivity contribution < 1.29 is 4.79 Å². The molecular weight excluding hydrogens is 396 g/mol. The molecule has 0 aliphatic carbocycles. The van der Waals surface area contributed by atoms with E-state index in [0.717, 1.165) is 31.9 Å². The second kappa shape index (κ2) is 8.25. The molecule has 2 aromatic heterocycles. The van der Waals surface area contributed by atoms with Crippen LogP contribution in [0.1, 0.15) is 41.9 Å². The third-order valence-corrected chi connectivity index (χ3v) is 6.77. The Morgan fingerprint density at radius 2 is 2.10 bits per heavy atom. The zero-order valence-corrected chi connectivity index (χ0v) is 18.1. The molecule has 1 fully saturated rings. The van der Waals surface area contributed by atoms with Gasteiger partial charge < -0.3 is 10.3 Å². The van der Waals surface area contributed by atoms with Crippen molar-refractivity contribution in [1.29, 1.82) is 0 Å². The SMILES string of the molecule is CC1CN(Cc2cccn2-c2ccc(Cl)cn2)CCC1(C)c1cccc(C(N)=O)c1. The number of nitrogens with zero attached hydrogens (tertiary/aromatic N) is 3. The molecule has 0 bridgehead atoms. The van der Waals surface area contributed by atoms with Gasteiger partial charge in [0.05, 0.1) is 5.02 Å². The standard InChI is InChI=1S/C24H27ClN4O/c1-17-15-28(12-10-24(17,2)19-6-3-5-18(13-19)23(26)30)16-21-7-4-11-29(21)22-9-8-20(25)14-27-22/h3-9,11,13-14,17H,10,12,15-16H2,1-2H3,(H2,26,30). The number of rotatable bonds is 5. The fourth-order valence-corrected chi connectivity index (χ4v) is 4.54. The van der Waals surface area contributed by atoms with Gasteiger partial charge in [0, 0.05) is 36.7 Å². The summed E-state index contributed by atoms with van der Waals surface area (Å²) in [6, 6.07) is 15.8. The molecule has 3 aromatic rings. The molecule has 3 heterocycles. The highest BCUT2D eigenvalue weighted by atomic mass is 35.5. The van der Waals surface area contributed by atoms with Crippen LogP contribution in [0.15, 0.2) is 60.9 Å². The molecular formula is C24H27ClN4O. The molecule has 1 aromatic carbocycles. The van der Waals surface area contributed by atoms with E-state index in [9.17, 15) is 4.79 Å². The van der Waals surface area contributed by atoms with Crippen molar-refractivity contribution >= 4 is 17.5 Å². The van der Waals surface area contributed by atoms with Crippen molar-refractivity contribution in [2.45, 2.75) is 32.2 Å². The Bertz CT molecular complexity index is 1050. The normalized spacial score (nSPS) is 22.2. The maximum atomic E-state index is 11.6. The summed E-state index contributed by atoms with van der Waals surface area (Å²) < 4.78 is 2.12. The number of piperidine rings is 1. The van der Waals surface area contributed by atoms with Crippen molar-refractivity contribution in [3.63, 3.8) is 0 Å². The van der Waals surface area contributed by atoms with Crippen LogP contribution in [0.4, 0.5) is 0 Å². The number of halogens is 1. The summed E-state index contributed by atoms with van der Waals surface area (Å²) in [5, 5.41) is 0.636. The first-order chi connectivity index (χ1) is 14.4. The minimum Gasteiger partial charge on any atom is -0.366 e. The molecule has 0 spiro atoms. The second-order valence-electron chi connectivity index (χ2n) is 8.45. The summed E-state index contributed by atoms with van der Waals surface area (Å²) in [7, 11) is 0. The summed E-state index contributed by atoms with van der Waals surface area (Å²) in [5.41, 5.74) is 8.49. The molecule has 1 aliphatic rings. The average molecular weight is 423 g/mol. The van der Waals surface area contributed by atoms with Gasteiger partial charge in [-0.25, -0.2) is 4.98 Å². The summed E-state index contributed by atoms with van der Waals surface area (Å²) in [5.74, 6) is 0.936. The molecule has 2 atom stereocenters. The third kappa shape index (κ3) is 4.00. The van der Waals surface area contributed by atoms with Crippen molar-refractivity contribution in [2.24, 2.45) is 11.7 Å². The van der Waals surface area contributed by atoms with E-state index in [2.05, 4.69) is 46.5 Å². The molecule has 1 amide bonds. The fraction of sp³-hybridized carbons (Fsp3) is 0.333. The van der Waals surface area contributed by atoms with Gasteiger partial charge >= 0.3 is 0 Å². The molecule has 0 radical (unpaired) electrons. The average Bonchev–Trinajstić information content (AvgIpc) is 3.19. The molecule has 1 saturated heterocycles. The Balaban J connectivity index is 1.49. The number of nitrogens with two attached hydrogens (primary N) is 1. The van der Waals surface area contributed by atoms with Gasteiger partial charge in [-0.1, -0.05) is 37.6 Å². The number of aromatic nitrogens is 2. The van der Waals surface area contributed by atoms with E-state index >= 15 is 0 Å². The maximum Gasteiger partial charge on any atom is 0.248 e. The minimum atomic E-state index is -0.373. The lowest BCUT2D eigenvalue weighted by Gasteiger charge is -2.45. The van der Waals surface area contributed by atoms with E-state index in [1.165, 1.54) is 11.3 Å². The largest absolute Gasteiger partial charge is 0.366 e. The molecule has 2 unspecified atom stereocenters. The minimum absolute atomic E-state index is 0.0156. The van der Waals surface area contributed by atoms with Gasteiger partial charge in [-0.05, 0) is 66.3 Å². The van der Waals surface area contributed by atoms with E-state index in [1.807, 2.05) is 30.5 Å². The number of likely N-dealkylation sites (tertiary alicyclic amines) is 1. The van der Waals surface area contributed by atoms with Crippen LogP contribution in [0.25, 0.3) is 5.82 Å². The highest BCUT2D eigenvalue weighted by Crippen LogP contribution is 2.40. The van der Waals surface area contributed by atoms with E-state index in [0.29, 0.717) is 16.5 Å². The number of hydrogen-bond donors (Lipinski definition) is 1. The van der Waals surface area contributed by atoms with Gasteiger partial charge in [-0.2, -0.15) is 0 Å². The van der Waals surface area contributed by atoms with Crippen LogP contribution in [0, 0.1) is 5.92 Å². The molecule has 5 nitrogen and oxygen atoms in total. The predicted molar refractivity (Wildman–Crippen MR) is 120 cm³/mol. The van der Waals surface area contributed by atoms with Gasteiger partial charge in [0.1, 0.15) is 5.82 Å². The topological polar surface area (TPSA) is 64.2 Å². The lowest BCUT2D eigenvalue weighted by Crippen LogP contribution is -2.47. The Hall–Kier alpha value is -2.63. The first kappa shape index (κ1) is 20.6. The molecule has 30 heavy (non-hydrogen) atoms. The van der Waals surface area contributed by atoms with E-state index in [4.69, 9.17) is 17.3 Å². The van der Waals surface area contributed by atoms with Crippen LogP contribution >= 0.6 is 11.6 Å².